The zero-order valence-electron chi connectivity index (χ0n) is 12.9. The molecule has 0 aliphatic carbocycles. The van der Waals surface area contributed by atoms with Gasteiger partial charge in [-0.2, -0.15) is 0 Å². The van der Waals surface area contributed by atoms with Crippen LogP contribution in [0.15, 0.2) is 34.9 Å². The Balaban J connectivity index is 2.12. The molecule has 0 aliphatic rings. The zero-order chi connectivity index (χ0) is 14.8. The van der Waals surface area contributed by atoms with Gasteiger partial charge in [-0.3, -0.25) is 0 Å². The van der Waals surface area contributed by atoms with Crippen LogP contribution in [-0.2, 0) is 11.3 Å². The number of ether oxygens (including phenoxy) is 1. The van der Waals surface area contributed by atoms with E-state index in [9.17, 15) is 0 Å². The van der Waals surface area contributed by atoms with Crippen LogP contribution in [0.1, 0.15) is 30.0 Å². The second kappa shape index (κ2) is 6.31. The molecule has 1 aromatic carbocycles. The fraction of sp³-hybridized carbons (Fsp3) is 0.438. The summed E-state index contributed by atoms with van der Waals surface area (Å²) in [6.07, 6.45) is -0.0534. The molecule has 1 heterocycles. The van der Waals surface area contributed by atoms with Crippen molar-refractivity contribution < 1.29 is 9.26 Å². The summed E-state index contributed by atoms with van der Waals surface area (Å²) in [7, 11) is 0. The first-order chi connectivity index (χ1) is 9.39. The Labute approximate surface area is 125 Å². The van der Waals surface area contributed by atoms with Gasteiger partial charge in [-0.15, -0.1) is 0 Å². The van der Waals surface area contributed by atoms with Crippen LogP contribution in [0.3, 0.4) is 0 Å². The number of hydrogen-bond acceptors (Lipinski definition) is 3. The summed E-state index contributed by atoms with van der Waals surface area (Å²) in [5, 5.41) is 4.16. The van der Waals surface area contributed by atoms with Crippen LogP contribution >= 0.6 is 0 Å². The molecule has 0 bridgehead atoms. The summed E-state index contributed by atoms with van der Waals surface area (Å²) >= 11 is -2.24. The Hall–Kier alpha value is -0.811. The Kier molecular flexibility index (Phi) is 4.91. The normalized spacial score (nSPS) is 13.4. The summed E-state index contributed by atoms with van der Waals surface area (Å²) in [5.74, 6) is 0.932. The van der Waals surface area contributed by atoms with Crippen LogP contribution in [0, 0.1) is 6.92 Å². The molecule has 0 spiro atoms. The second-order valence-electron chi connectivity index (χ2n) is 6.20. The third-order valence-electron chi connectivity index (χ3n) is 3.35. The molecule has 1 unspecified atom stereocenters. The predicted molar refractivity (Wildman–Crippen MR) is 83.9 cm³/mol. The van der Waals surface area contributed by atoms with Crippen molar-refractivity contribution in [1.29, 1.82) is 0 Å². The average molecular weight is 380 g/mol. The van der Waals surface area contributed by atoms with E-state index in [-0.39, 0.29) is 6.10 Å². The van der Waals surface area contributed by atoms with Crippen LogP contribution in [-0.4, -0.2) is 23.5 Å². The molecular weight excluding hydrogens is 357 g/mol. The number of nitrogens with zero attached hydrogens (tertiary/aromatic N) is 1. The molecule has 1 aromatic heterocycles. The molecule has 0 amide bonds. The molecule has 0 radical (unpaired) electrons. The summed E-state index contributed by atoms with van der Waals surface area (Å²) in [6, 6.07) is 10.2. The minimum atomic E-state index is -2.24. The summed E-state index contributed by atoms with van der Waals surface area (Å²) < 4.78 is 12.9. The predicted octanol–water partition coefficient (Wildman–Crippen LogP) is 3.81. The van der Waals surface area contributed by atoms with E-state index in [1.807, 2.05) is 32.0 Å². The fourth-order valence-corrected chi connectivity index (χ4v) is 8.50. The van der Waals surface area contributed by atoms with Crippen molar-refractivity contribution in [2.75, 3.05) is 0 Å². The Morgan fingerprint density at radius 3 is 2.45 bits per heavy atom. The van der Waals surface area contributed by atoms with Gasteiger partial charge in [0.1, 0.15) is 0 Å². The van der Waals surface area contributed by atoms with Crippen molar-refractivity contribution in [2.24, 2.45) is 0 Å². The average Bonchev–Trinajstić information content (AvgIpc) is 2.79. The van der Waals surface area contributed by atoms with Crippen molar-refractivity contribution in [1.82, 2.24) is 5.16 Å². The van der Waals surface area contributed by atoms with E-state index in [1.54, 1.807) is 0 Å². The van der Waals surface area contributed by atoms with E-state index in [0.29, 0.717) is 6.61 Å². The number of aryl methyl sites for hydroxylation is 1. The monoisotopic (exact) mass is 381 g/mol. The molecule has 108 valence electrons. The van der Waals surface area contributed by atoms with Crippen molar-refractivity contribution in [2.45, 2.75) is 41.4 Å². The number of aromatic nitrogens is 1. The van der Waals surface area contributed by atoms with E-state index in [4.69, 9.17) is 9.26 Å². The first-order valence-corrected chi connectivity index (χ1v) is 17.0. The van der Waals surface area contributed by atoms with Gasteiger partial charge in [-0.1, -0.05) is 0 Å². The van der Waals surface area contributed by atoms with Crippen LogP contribution in [0.25, 0.3) is 0 Å². The van der Waals surface area contributed by atoms with Crippen molar-refractivity contribution in [3.8, 4) is 0 Å². The first-order valence-electron chi connectivity index (χ1n) is 7.01. The molecule has 0 fully saturated rings. The summed E-state index contributed by atoms with van der Waals surface area (Å²) in [6.45, 7) is 4.68. The molecule has 2 aromatic rings. The summed E-state index contributed by atoms with van der Waals surface area (Å²) in [4.78, 5) is 7.13. The SMILES string of the molecule is Cc1noc(C(C)OCc2ccccc2)[c]1[Sn]([CH3])([CH3])[CH3]. The molecule has 0 saturated carbocycles. The third-order valence-corrected chi connectivity index (χ3v) is 9.37. The molecule has 4 heteroatoms. The molecule has 20 heavy (non-hydrogen) atoms. The van der Waals surface area contributed by atoms with E-state index in [2.05, 4.69) is 32.1 Å². The van der Waals surface area contributed by atoms with Crippen molar-refractivity contribution in [3.63, 3.8) is 0 Å². The standard InChI is InChI=1S/C13H14NO2.3CH3.Sn/c1-10-8-13(16-14-10)11(2)15-9-12-6-4-3-5-7-12;;;;/h3-7,11H,9H2,1-2H3;3*1H3;. The molecule has 0 N–H and O–H groups in total. The van der Waals surface area contributed by atoms with Gasteiger partial charge < -0.3 is 0 Å². The Morgan fingerprint density at radius 2 is 1.85 bits per heavy atom. The molecule has 2 rings (SSSR count). The quantitative estimate of drug-likeness (QED) is 0.741. The van der Waals surface area contributed by atoms with E-state index in [0.717, 1.165) is 11.5 Å². The molecule has 0 aliphatic heterocycles. The van der Waals surface area contributed by atoms with E-state index in [1.165, 1.54) is 9.14 Å². The maximum atomic E-state index is 5.96. The topological polar surface area (TPSA) is 35.3 Å². The number of benzene rings is 1. The van der Waals surface area contributed by atoms with E-state index >= 15 is 0 Å². The maximum absolute atomic E-state index is 5.96. The fourth-order valence-electron chi connectivity index (χ4n) is 2.45. The number of hydrogen-bond donors (Lipinski definition) is 0. The van der Waals surface area contributed by atoms with Gasteiger partial charge in [0.15, 0.2) is 0 Å². The van der Waals surface area contributed by atoms with Gasteiger partial charge in [0.25, 0.3) is 0 Å². The second-order valence-corrected chi connectivity index (χ2v) is 20.5. The van der Waals surface area contributed by atoms with Gasteiger partial charge in [0.05, 0.1) is 0 Å². The van der Waals surface area contributed by atoms with Gasteiger partial charge in [0.2, 0.25) is 0 Å². The van der Waals surface area contributed by atoms with Gasteiger partial charge in [0, 0.05) is 0 Å². The van der Waals surface area contributed by atoms with Crippen LogP contribution < -0.4 is 3.58 Å². The number of rotatable bonds is 5. The third kappa shape index (κ3) is 3.64. The van der Waals surface area contributed by atoms with Crippen LogP contribution in [0.2, 0.25) is 14.8 Å². The van der Waals surface area contributed by atoms with E-state index < -0.39 is 18.4 Å². The van der Waals surface area contributed by atoms with Crippen molar-refractivity contribution in [3.05, 3.63) is 47.3 Å². The molecule has 0 saturated heterocycles. The van der Waals surface area contributed by atoms with Gasteiger partial charge in [-0.05, 0) is 0 Å². The Morgan fingerprint density at radius 1 is 1.20 bits per heavy atom. The van der Waals surface area contributed by atoms with Gasteiger partial charge in [-0.25, -0.2) is 0 Å². The first kappa shape index (κ1) is 15.6. The van der Waals surface area contributed by atoms with Crippen LogP contribution in [0.5, 0.6) is 0 Å². The molecule has 3 nitrogen and oxygen atoms in total. The molecular formula is C16H23NO2Sn. The zero-order valence-corrected chi connectivity index (χ0v) is 15.8. The Bertz CT molecular complexity index is 558. The van der Waals surface area contributed by atoms with Gasteiger partial charge >= 0.3 is 125 Å². The summed E-state index contributed by atoms with van der Waals surface area (Å²) in [5.41, 5.74) is 2.22. The van der Waals surface area contributed by atoms with Crippen molar-refractivity contribution >= 4 is 22.0 Å². The minimum absolute atomic E-state index is 0.0534. The molecule has 1 atom stereocenters. The van der Waals surface area contributed by atoms with Crippen LogP contribution in [0.4, 0.5) is 0 Å².